The largest absolute Gasteiger partial charge is 0.490 e. The Labute approximate surface area is 191 Å². The van der Waals surface area contributed by atoms with E-state index in [0.29, 0.717) is 40.3 Å². The average molecular weight is 454 g/mol. The first-order valence-corrected chi connectivity index (χ1v) is 10.4. The van der Waals surface area contributed by atoms with Gasteiger partial charge in [0.15, 0.2) is 11.5 Å². The quantitative estimate of drug-likeness (QED) is 0.320. The van der Waals surface area contributed by atoms with Crippen molar-refractivity contribution < 1.29 is 9.47 Å². The van der Waals surface area contributed by atoms with Crippen molar-refractivity contribution in [3.05, 3.63) is 93.0 Å². The molecule has 1 N–H and O–H groups in total. The molecule has 0 fully saturated rings. The normalized spacial score (nSPS) is 10.6. The monoisotopic (exact) mass is 453 g/mol. The predicted molar refractivity (Wildman–Crippen MR) is 124 cm³/mol. The number of hydrazone groups is 1. The highest BCUT2D eigenvalue weighted by molar-refractivity contribution is 6.32. The van der Waals surface area contributed by atoms with Crippen LogP contribution in [0.1, 0.15) is 29.2 Å². The van der Waals surface area contributed by atoms with Crippen molar-refractivity contribution in [3.63, 3.8) is 0 Å². The van der Waals surface area contributed by atoms with Crippen LogP contribution in [0.25, 0.3) is 0 Å². The molecular formula is C24H21Cl2N3O2. The summed E-state index contributed by atoms with van der Waals surface area (Å²) < 4.78 is 11.6. The first-order valence-electron chi connectivity index (χ1n) is 9.68. The van der Waals surface area contributed by atoms with Crippen LogP contribution in [0.4, 0.5) is 0 Å². The van der Waals surface area contributed by atoms with Crippen molar-refractivity contribution in [3.8, 4) is 17.6 Å². The molecule has 3 aromatic rings. The zero-order valence-corrected chi connectivity index (χ0v) is 18.5. The fourth-order valence-corrected chi connectivity index (χ4v) is 3.23. The maximum atomic E-state index is 9.25. The zero-order chi connectivity index (χ0) is 22.1. The molecule has 0 saturated heterocycles. The Kier molecular flexibility index (Phi) is 8.17. The van der Waals surface area contributed by atoms with Crippen LogP contribution in [0, 0.1) is 11.3 Å². The fourth-order valence-electron chi connectivity index (χ4n) is 2.83. The van der Waals surface area contributed by atoms with Crippen molar-refractivity contribution in [1.29, 1.82) is 5.26 Å². The lowest BCUT2D eigenvalue weighted by atomic mass is 10.1. The molecule has 0 amide bonds. The number of nitrogens with zero attached hydrogens (tertiary/aromatic N) is 2. The lowest BCUT2D eigenvalue weighted by molar-refractivity contribution is 0.269. The van der Waals surface area contributed by atoms with E-state index in [1.165, 1.54) is 0 Å². The van der Waals surface area contributed by atoms with E-state index in [4.69, 9.17) is 32.7 Å². The number of nitrogens with one attached hydrogen (secondary N) is 1. The lowest BCUT2D eigenvalue weighted by Gasteiger charge is -2.15. The van der Waals surface area contributed by atoms with Crippen LogP contribution in [-0.4, -0.2) is 12.8 Å². The van der Waals surface area contributed by atoms with Gasteiger partial charge in [-0.1, -0.05) is 53.5 Å². The zero-order valence-electron chi connectivity index (χ0n) is 16.9. The molecule has 31 heavy (non-hydrogen) atoms. The molecule has 0 aliphatic heterocycles. The highest BCUT2D eigenvalue weighted by Crippen LogP contribution is 2.37. The van der Waals surface area contributed by atoms with Crippen LogP contribution < -0.4 is 14.9 Å². The van der Waals surface area contributed by atoms with Crippen LogP contribution in [0.5, 0.6) is 11.5 Å². The maximum Gasteiger partial charge on any atom is 0.180 e. The summed E-state index contributed by atoms with van der Waals surface area (Å²) in [6.07, 6.45) is 1.67. The summed E-state index contributed by atoms with van der Waals surface area (Å²) in [5.74, 6) is 0.950. The van der Waals surface area contributed by atoms with Gasteiger partial charge in [0.05, 0.1) is 36.0 Å². The second-order valence-corrected chi connectivity index (χ2v) is 7.38. The second kappa shape index (κ2) is 11.3. The smallest absolute Gasteiger partial charge is 0.180 e. The molecule has 0 aromatic heterocycles. The molecule has 0 aliphatic carbocycles. The predicted octanol–water partition coefficient (Wildman–Crippen LogP) is 5.97. The van der Waals surface area contributed by atoms with Gasteiger partial charge in [0.1, 0.15) is 6.61 Å². The molecule has 3 aromatic carbocycles. The molecule has 0 saturated carbocycles. The summed E-state index contributed by atoms with van der Waals surface area (Å²) in [6.45, 7) is 3.12. The Hall–Kier alpha value is -3.20. The van der Waals surface area contributed by atoms with Gasteiger partial charge in [0.2, 0.25) is 0 Å². The van der Waals surface area contributed by atoms with Crippen molar-refractivity contribution in [1.82, 2.24) is 5.43 Å². The van der Waals surface area contributed by atoms with Crippen LogP contribution in [-0.2, 0) is 13.2 Å². The lowest BCUT2D eigenvalue weighted by Crippen LogP contribution is -2.06. The number of nitriles is 1. The third-order valence-corrected chi connectivity index (χ3v) is 4.88. The number of rotatable bonds is 9. The van der Waals surface area contributed by atoms with Gasteiger partial charge in [0.25, 0.3) is 0 Å². The number of hydrogen-bond donors (Lipinski definition) is 1. The molecule has 0 radical (unpaired) electrons. The SMILES string of the molecule is CCOc1cc(/C=N\NCc2ccc(Cl)cc2)cc(Cl)c1OCc1ccccc1C#N. The molecule has 0 atom stereocenters. The summed E-state index contributed by atoms with van der Waals surface area (Å²) in [5.41, 5.74) is 6.17. The van der Waals surface area contributed by atoms with Gasteiger partial charge in [0, 0.05) is 10.6 Å². The number of ether oxygens (including phenoxy) is 2. The maximum absolute atomic E-state index is 9.25. The van der Waals surface area contributed by atoms with Gasteiger partial charge >= 0.3 is 0 Å². The van der Waals surface area contributed by atoms with Crippen LogP contribution in [0.3, 0.4) is 0 Å². The highest BCUT2D eigenvalue weighted by Gasteiger charge is 2.13. The third kappa shape index (κ3) is 6.39. The summed E-state index contributed by atoms with van der Waals surface area (Å²) >= 11 is 12.4. The summed E-state index contributed by atoms with van der Waals surface area (Å²) in [5, 5.41) is 14.6. The van der Waals surface area contributed by atoms with E-state index < -0.39 is 0 Å². The van der Waals surface area contributed by atoms with Gasteiger partial charge in [-0.15, -0.1) is 0 Å². The molecule has 0 aliphatic rings. The van der Waals surface area contributed by atoms with Gasteiger partial charge in [-0.2, -0.15) is 10.4 Å². The highest BCUT2D eigenvalue weighted by atomic mass is 35.5. The number of hydrogen-bond acceptors (Lipinski definition) is 5. The standard InChI is InChI=1S/C24H21Cl2N3O2/c1-2-30-23-12-18(15-29-28-14-17-7-9-21(25)10-8-17)11-22(26)24(23)31-16-20-6-4-3-5-19(20)13-27/h3-12,15,28H,2,14,16H2,1H3/b29-15-. The molecule has 3 rings (SSSR count). The average Bonchev–Trinajstić information content (AvgIpc) is 2.78. The first kappa shape index (κ1) is 22.5. The minimum Gasteiger partial charge on any atom is -0.490 e. The van der Waals surface area contributed by atoms with E-state index in [1.54, 1.807) is 18.3 Å². The van der Waals surface area contributed by atoms with E-state index in [-0.39, 0.29) is 6.61 Å². The van der Waals surface area contributed by atoms with Crippen molar-refractivity contribution >= 4 is 29.4 Å². The molecule has 158 valence electrons. The molecular weight excluding hydrogens is 433 g/mol. The van der Waals surface area contributed by atoms with Gasteiger partial charge < -0.3 is 14.9 Å². The number of halogens is 2. The third-order valence-electron chi connectivity index (χ3n) is 4.34. The first-order chi connectivity index (χ1) is 15.1. The molecule has 0 spiro atoms. The van der Waals surface area contributed by atoms with Gasteiger partial charge in [-0.3, -0.25) is 0 Å². The second-order valence-electron chi connectivity index (χ2n) is 6.54. The summed E-state index contributed by atoms with van der Waals surface area (Å²) in [7, 11) is 0. The van der Waals surface area contributed by atoms with Crippen molar-refractivity contribution in [2.75, 3.05) is 6.61 Å². The van der Waals surface area contributed by atoms with Gasteiger partial charge in [-0.05, 0) is 48.4 Å². The Balaban J connectivity index is 1.70. The summed E-state index contributed by atoms with van der Waals surface area (Å²) in [6, 6.07) is 20.6. The molecule has 0 unspecified atom stereocenters. The molecule has 5 nitrogen and oxygen atoms in total. The summed E-state index contributed by atoms with van der Waals surface area (Å²) in [4.78, 5) is 0. The van der Waals surface area contributed by atoms with E-state index in [2.05, 4.69) is 16.6 Å². The van der Waals surface area contributed by atoms with Crippen molar-refractivity contribution in [2.24, 2.45) is 5.10 Å². The molecule has 7 heteroatoms. The topological polar surface area (TPSA) is 66.6 Å². The Bertz CT molecular complexity index is 1090. The van der Waals surface area contributed by atoms with E-state index in [1.807, 2.05) is 55.5 Å². The Morgan fingerprint density at radius 1 is 1.06 bits per heavy atom. The molecule has 0 heterocycles. The Morgan fingerprint density at radius 3 is 2.58 bits per heavy atom. The van der Waals surface area contributed by atoms with Gasteiger partial charge in [-0.25, -0.2) is 0 Å². The number of benzene rings is 3. The van der Waals surface area contributed by atoms with Crippen LogP contribution in [0.2, 0.25) is 10.0 Å². The minimum atomic E-state index is 0.208. The van der Waals surface area contributed by atoms with Crippen LogP contribution >= 0.6 is 23.2 Å². The fraction of sp³-hybridized carbons (Fsp3) is 0.167. The van der Waals surface area contributed by atoms with E-state index in [0.717, 1.165) is 16.7 Å². The van der Waals surface area contributed by atoms with Crippen LogP contribution in [0.15, 0.2) is 65.8 Å². The molecule has 0 bridgehead atoms. The van der Waals surface area contributed by atoms with E-state index in [9.17, 15) is 5.26 Å². The minimum absolute atomic E-state index is 0.208. The van der Waals surface area contributed by atoms with Crippen molar-refractivity contribution in [2.45, 2.75) is 20.1 Å². The Morgan fingerprint density at radius 2 is 1.84 bits per heavy atom. The van der Waals surface area contributed by atoms with E-state index >= 15 is 0 Å².